The highest BCUT2D eigenvalue weighted by Gasteiger charge is 2.40. The zero-order valence-electron chi connectivity index (χ0n) is 32.0. The molecule has 0 unspecified atom stereocenters. The number of fused-ring (bicyclic) bond motifs is 1. The summed E-state index contributed by atoms with van der Waals surface area (Å²) >= 11 is 0. The van der Waals surface area contributed by atoms with Crippen molar-refractivity contribution in [1.82, 2.24) is 40.6 Å². The molecule has 2 saturated heterocycles. The summed E-state index contributed by atoms with van der Waals surface area (Å²) in [5.41, 5.74) is 4.39. The SMILES string of the molecule is COC(=O)N[C@H](C(=O)N1CCC[C@H]1C(=O)Nc1n[nH]c2cc(-c3ccc(-c4cnc([C@@H]5CCCN5C(=O)[C@@H](NC(=O)OC)C(C)C)[nH]4)cc3)ccc12)C(C)C. The Kier molecular flexibility index (Phi) is 11.7. The number of hydrogen-bond acceptors (Lipinski definition) is 9. The number of nitrogens with one attached hydrogen (secondary N) is 5. The minimum atomic E-state index is -0.821. The number of amides is 5. The van der Waals surface area contributed by atoms with Crippen LogP contribution in [0.25, 0.3) is 33.3 Å². The number of aromatic nitrogens is 4. The van der Waals surface area contributed by atoms with Gasteiger partial charge >= 0.3 is 12.2 Å². The number of ether oxygens (including phenoxy) is 2. The molecule has 0 bridgehead atoms. The van der Waals surface area contributed by atoms with Crippen molar-refractivity contribution in [3.63, 3.8) is 0 Å². The quantitative estimate of drug-likeness (QED) is 0.140. The lowest BCUT2D eigenvalue weighted by Crippen LogP contribution is -2.54. The number of methoxy groups -OCH3 is 2. The van der Waals surface area contributed by atoms with Crippen LogP contribution >= 0.6 is 0 Å². The number of alkyl carbamates (subject to hydrolysis) is 2. The first-order valence-corrected chi connectivity index (χ1v) is 18.6. The standard InChI is InChI=1S/C39H49N9O7/c1-21(2)31(42-38(52)54-5)36(50)47-17-7-9-29(47)34-40-20-28(41-34)24-13-11-23(12-14-24)25-15-16-26-27(19-25)45-46-33(26)44-35(49)30-10-8-18-48(30)37(51)32(22(3)4)43-39(53)55-6/h11-16,19-22,29-32H,7-10,17-18H2,1-6H3,(H,40,41)(H,42,52)(H,43,53)(H2,44,45,46,49)/t29-,30-,31-,32-/m0/s1. The number of aromatic amines is 2. The van der Waals surface area contributed by atoms with E-state index in [-0.39, 0.29) is 35.6 Å². The molecule has 2 aliphatic rings. The van der Waals surface area contributed by atoms with Crippen LogP contribution in [0.3, 0.4) is 0 Å². The number of carbonyl (C=O) groups excluding carboxylic acids is 5. The highest BCUT2D eigenvalue weighted by atomic mass is 16.5. The number of likely N-dealkylation sites (tertiary alicyclic amines) is 2. The third-order valence-corrected chi connectivity index (χ3v) is 10.4. The van der Waals surface area contributed by atoms with Gasteiger partial charge in [-0.15, -0.1) is 0 Å². The summed E-state index contributed by atoms with van der Waals surface area (Å²) in [7, 11) is 2.52. The molecular weight excluding hydrogens is 706 g/mol. The van der Waals surface area contributed by atoms with Crippen LogP contribution < -0.4 is 16.0 Å². The zero-order chi connectivity index (χ0) is 39.4. The van der Waals surface area contributed by atoms with E-state index < -0.39 is 30.3 Å². The van der Waals surface area contributed by atoms with Crippen LogP contribution in [0.2, 0.25) is 0 Å². The van der Waals surface area contributed by atoms with Gasteiger partial charge in [0.25, 0.3) is 0 Å². The molecule has 2 aromatic heterocycles. The van der Waals surface area contributed by atoms with Crippen LogP contribution in [-0.4, -0.2) is 105 Å². The summed E-state index contributed by atoms with van der Waals surface area (Å²) in [5, 5.41) is 16.3. The van der Waals surface area contributed by atoms with Crippen molar-refractivity contribution in [2.24, 2.45) is 11.8 Å². The van der Waals surface area contributed by atoms with Crippen molar-refractivity contribution in [3.05, 3.63) is 54.5 Å². The van der Waals surface area contributed by atoms with E-state index >= 15 is 0 Å². The topological polar surface area (TPSA) is 204 Å². The first-order chi connectivity index (χ1) is 26.4. The van der Waals surface area contributed by atoms with Crippen molar-refractivity contribution in [2.45, 2.75) is 77.5 Å². The minimum Gasteiger partial charge on any atom is -0.453 e. The number of imidazole rings is 1. The first kappa shape index (κ1) is 38.8. The largest absolute Gasteiger partial charge is 0.453 e. The summed E-state index contributed by atoms with van der Waals surface area (Å²) in [6, 6.07) is 11.4. The van der Waals surface area contributed by atoms with Gasteiger partial charge in [-0.05, 0) is 66.3 Å². The smallest absolute Gasteiger partial charge is 0.407 e. The Morgan fingerprint density at radius 1 is 0.782 bits per heavy atom. The van der Waals surface area contributed by atoms with E-state index in [1.54, 1.807) is 11.1 Å². The molecule has 0 saturated carbocycles. The van der Waals surface area contributed by atoms with Gasteiger partial charge in [-0.3, -0.25) is 19.5 Å². The molecule has 4 heterocycles. The van der Waals surface area contributed by atoms with Gasteiger partial charge in [0, 0.05) is 18.5 Å². The maximum absolute atomic E-state index is 13.5. The van der Waals surface area contributed by atoms with Crippen LogP contribution in [0.1, 0.15) is 65.2 Å². The van der Waals surface area contributed by atoms with E-state index in [0.717, 1.165) is 46.1 Å². The zero-order valence-corrected chi connectivity index (χ0v) is 32.0. The van der Waals surface area contributed by atoms with Gasteiger partial charge < -0.3 is 40.2 Å². The lowest BCUT2D eigenvalue weighted by Gasteiger charge is -2.30. The summed E-state index contributed by atoms with van der Waals surface area (Å²) in [5.74, 6) is -0.0926. The van der Waals surface area contributed by atoms with Gasteiger partial charge in [-0.2, -0.15) is 5.10 Å². The number of rotatable bonds is 11. The summed E-state index contributed by atoms with van der Waals surface area (Å²) in [6.07, 6.45) is 3.18. The predicted molar refractivity (Wildman–Crippen MR) is 204 cm³/mol. The highest BCUT2D eigenvalue weighted by molar-refractivity contribution is 6.04. The lowest BCUT2D eigenvalue weighted by atomic mass is 10.0. The maximum atomic E-state index is 13.5. The van der Waals surface area contributed by atoms with Gasteiger partial charge in [-0.25, -0.2) is 14.6 Å². The van der Waals surface area contributed by atoms with Crippen molar-refractivity contribution in [2.75, 3.05) is 32.6 Å². The summed E-state index contributed by atoms with van der Waals surface area (Å²) < 4.78 is 9.44. The molecule has 4 aromatic rings. The van der Waals surface area contributed by atoms with Gasteiger partial charge in [0.15, 0.2) is 5.82 Å². The Labute approximate surface area is 319 Å². The fourth-order valence-electron chi connectivity index (χ4n) is 7.36. The Balaban J connectivity index is 1.12. The van der Waals surface area contributed by atoms with E-state index in [9.17, 15) is 24.0 Å². The first-order valence-electron chi connectivity index (χ1n) is 18.6. The molecular formula is C39H49N9O7. The second kappa shape index (κ2) is 16.6. The maximum Gasteiger partial charge on any atom is 0.407 e. The van der Waals surface area contributed by atoms with Crippen molar-refractivity contribution < 1.29 is 33.4 Å². The van der Waals surface area contributed by atoms with E-state index in [0.29, 0.717) is 37.6 Å². The Morgan fingerprint density at radius 2 is 1.36 bits per heavy atom. The van der Waals surface area contributed by atoms with Gasteiger partial charge in [0.2, 0.25) is 17.7 Å². The monoisotopic (exact) mass is 755 g/mol. The molecule has 55 heavy (non-hydrogen) atoms. The molecule has 16 nitrogen and oxygen atoms in total. The second-order valence-electron chi connectivity index (χ2n) is 14.7. The Hall–Kier alpha value is -5.93. The number of nitrogens with zero attached hydrogens (tertiary/aromatic N) is 4. The molecule has 292 valence electrons. The summed E-state index contributed by atoms with van der Waals surface area (Å²) in [4.78, 5) is 75.6. The van der Waals surface area contributed by atoms with E-state index in [2.05, 4.69) is 36.1 Å². The Bertz CT molecular complexity index is 2040. The molecule has 2 aliphatic heterocycles. The molecule has 4 atom stereocenters. The number of benzene rings is 2. The van der Waals surface area contributed by atoms with Crippen LogP contribution in [0.4, 0.5) is 15.4 Å². The number of carbonyl (C=O) groups is 5. The minimum absolute atomic E-state index is 0.120. The third kappa shape index (κ3) is 8.27. The molecule has 16 heteroatoms. The predicted octanol–water partition coefficient (Wildman–Crippen LogP) is 4.97. The average Bonchev–Trinajstić information content (AvgIpc) is 4.02. The summed E-state index contributed by atoms with van der Waals surface area (Å²) in [6.45, 7) is 8.41. The lowest BCUT2D eigenvalue weighted by molar-refractivity contribution is -0.139. The van der Waals surface area contributed by atoms with E-state index in [1.807, 2.05) is 70.2 Å². The molecule has 0 radical (unpaired) electrons. The average molecular weight is 756 g/mol. The molecule has 0 aliphatic carbocycles. The molecule has 0 spiro atoms. The fourth-order valence-corrected chi connectivity index (χ4v) is 7.36. The second-order valence-corrected chi connectivity index (χ2v) is 14.7. The molecule has 5 amide bonds. The highest BCUT2D eigenvalue weighted by Crippen LogP contribution is 2.34. The third-order valence-electron chi connectivity index (χ3n) is 10.4. The normalized spacial score (nSPS) is 18.0. The van der Waals surface area contributed by atoms with Crippen LogP contribution in [-0.2, 0) is 23.9 Å². The molecule has 6 rings (SSSR count). The van der Waals surface area contributed by atoms with Crippen LogP contribution in [0.5, 0.6) is 0 Å². The van der Waals surface area contributed by atoms with Gasteiger partial charge in [0.05, 0.1) is 37.7 Å². The van der Waals surface area contributed by atoms with Gasteiger partial charge in [0.1, 0.15) is 23.9 Å². The van der Waals surface area contributed by atoms with Crippen molar-refractivity contribution in [1.29, 1.82) is 0 Å². The number of anilines is 1. The van der Waals surface area contributed by atoms with Crippen LogP contribution in [0, 0.1) is 11.8 Å². The fraction of sp³-hybridized carbons (Fsp3) is 0.462. The molecule has 2 fully saturated rings. The Morgan fingerprint density at radius 3 is 2.00 bits per heavy atom. The van der Waals surface area contributed by atoms with E-state index in [4.69, 9.17) is 9.47 Å². The molecule has 5 N–H and O–H groups in total. The molecule has 2 aromatic carbocycles. The number of H-pyrrole nitrogens is 2. The van der Waals surface area contributed by atoms with Crippen molar-refractivity contribution >= 4 is 46.6 Å². The van der Waals surface area contributed by atoms with E-state index in [1.165, 1.54) is 19.1 Å². The van der Waals surface area contributed by atoms with Crippen molar-refractivity contribution in [3.8, 4) is 22.4 Å². The number of hydrogen-bond donors (Lipinski definition) is 5. The van der Waals surface area contributed by atoms with Gasteiger partial charge in [-0.1, -0.05) is 58.0 Å². The van der Waals surface area contributed by atoms with Crippen LogP contribution in [0.15, 0.2) is 48.7 Å².